The number of rotatable bonds is 5. The Labute approximate surface area is 106 Å². The molecule has 18 heavy (non-hydrogen) atoms. The van der Waals surface area contributed by atoms with Crippen molar-refractivity contribution in [3.8, 4) is 0 Å². The Hall–Kier alpha value is -1.65. The van der Waals surface area contributed by atoms with E-state index < -0.39 is 6.29 Å². The predicted octanol–water partition coefficient (Wildman–Crippen LogP) is 2.60. The average Bonchev–Trinajstić information content (AvgIpc) is 2.68. The van der Waals surface area contributed by atoms with E-state index in [0.717, 1.165) is 5.56 Å². The summed E-state index contributed by atoms with van der Waals surface area (Å²) in [7, 11) is 0. The van der Waals surface area contributed by atoms with Crippen LogP contribution in [0.3, 0.4) is 0 Å². The van der Waals surface area contributed by atoms with E-state index in [-0.39, 0.29) is 5.97 Å². The molecule has 0 saturated carbocycles. The number of carbonyl (C=O) groups is 1. The van der Waals surface area contributed by atoms with Crippen molar-refractivity contribution in [1.29, 1.82) is 0 Å². The topological polar surface area (TPSA) is 44.8 Å². The molecule has 0 fully saturated rings. The van der Waals surface area contributed by atoms with E-state index in [1.165, 1.54) is 0 Å². The summed E-state index contributed by atoms with van der Waals surface area (Å²) >= 11 is 0. The number of esters is 1. The minimum atomic E-state index is -0.492. The molecule has 96 valence electrons. The number of carbonyl (C=O) groups excluding carboxylic acids is 1. The number of ether oxygens (including phenoxy) is 3. The van der Waals surface area contributed by atoms with E-state index in [1.807, 2.05) is 32.0 Å². The Balaban J connectivity index is 2.26. The van der Waals surface area contributed by atoms with Gasteiger partial charge in [0.1, 0.15) is 5.76 Å². The van der Waals surface area contributed by atoms with E-state index in [4.69, 9.17) is 14.2 Å². The van der Waals surface area contributed by atoms with Gasteiger partial charge in [0.2, 0.25) is 0 Å². The normalized spacial score (nSPS) is 16.2. The highest BCUT2D eigenvalue weighted by atomic mass is 16.7. The molecular formula is C14H16O4. The zero-order valence-corrected chi connectivity index (χ0v) is 10.5. The second kappa shape index (κ2) is 5.80. The summed E-state index contributed by atoms with van der Waals surface area (Å²) in [5, 5.41) is 0. The van der Waals surface area contributed by atoms with Crippen molar-refractivity contribution < 1.29 is 19.0 Å². The van der Waals surface area contributed by atoms with E-state index in [0.29, 0.717) is 24.5 Å². The largest absolute Gasteiger partial charge is 0.422 e. The molecule has 1 heterocycles. The van der Waals surface area contributed by atoms with Gasteiger partial charge < -0.3 is 14.2 Å². The van der Waals surface area contributed by atoms with Crippen LogP contribution < -0.4 is 0 Å². The van der Waals surface area contributed by atoms with Crippen LogP contribution in [0.5, 0.6) is 0 Å². The quantitative estimate of drug-likeness (QED) is 0.593. The van der Waals surface area contributed by atoms with Crippen LogP contribution >= 0.6 is 0 Å². The standard InChI is InChI=1S/C14H16O4/c1-3-16-13(17-4-2)9-12-10-7-5-6-8-11(10)14(15)18-12/h5-9,13H,3-4H2,1-2H3/b12-9-. The summed E-state index contributed by atoms with van der Waals surface area (Å²) in [6.07, 6.45) is 1.20. The van der Waals surface area contributed by atoms with Crippen LogP contribution in [0.4, 0.5) is 0 Å². The summed E-state index contributed by atoms with van der Waals surface area (Å²) in [5.41, 5.74) is 1.36. The molecule has 4 heteroatoms. The Morgan fingerprint density at radius 3 is 2.39 bits per heavy atom. The van der Waals surface area contributed by atoms with Crippen LogP contribution in [-0.4, -0.2) is 25.5 Å². The van der Waals surface area contributed by atoms with E-state index >= 15 is 0 Å². The molecule has 0 spiro atoms. The van der Waals surface area contributed by atoms with Gasteiger partial charge in [-0.3, -0.25) is 0 Å². The van der Waals surface area contributed by atoms with Crippen molar-refractivity contribution in [3.63, 3.8) is 0 Å². The Morgan fingerprint density at radius 2 is 1.78 bits per heavy atom. The van der Waals surface area contributed by atoms with Crippen LogP contribution in [0, 0.1) is 0 Å². The van der Waals surface area contributed by atoms with E-state index in [2.05, 4.69) is 0 Å². The van der Waals surface area contributed by atoms with Gasteiger partial charge in [-0.25, -0.2) is 4.79 Å². The van der Waals surface area contributed by atoms with Crippen molar-refractivity contribution in [3.05, 3.63) is 41.5 Å². The monoisotopic (exact) mass is 248 g/mol. The second-order valence-corrected chi connectivity index (χ2v) is 3.75. The van der Waals surface area contributed by atoms with Crippen molar-refractivity contribution in [1.82, 2.24) is 0 Å². The molecule has 1 aromatic carbocycles. The fourth-order valence-corrected chi connectivity index (χ4v) is 1.81. The lowest BCUT2D eigenvalue weighted by Crippen LogP contribution is -2.15. The first-order valence-electron chi connectivity index (χ1n) is 6.02. The highest BCUT2D eigenvalue weighted by molar-refractivity contribution is 6.02. The minimum Gasteiger partial charge on any atom is -0.422 e. The SMILES string of the molecule is CCOC(/C=C1\OC(=O)c2ccccc21)OCC. The summed E-state index contributed by atoms with van der Waals surface area (Å²) in [4.78, 5) is 11.6. The average molecular weight is 248 g/mol. The Morgan fingerprint density at radius 1 is 1.17 bits per heavy atom. The maximum absolute atomic E-state index is 11.6. The van der Waals surface area contributed by atoms with Crippen molar-refractivity contribution in [2.75, 3.05) is 13.2 Å². The van der Waals surface area contributed by atoms with Crippen molar-refractivity contribution >= 4 is 11.7 Å². The number of hydrogen-bond donors (Lipinski definition) is 0. The number of benzene rings is 1. The molecule has 0 amide bonds. The maximum atomic E-state index is 11.6. The zero-order valence-electron chi connectivity index (χ0n) is 10.5. The minimum absolute atomic E-state index is 0.330. The summed E-state index contributed by atoms with van der Waals surface area (Å²) < 4.78 is 16.0. The van der Waals surface area contributed by atoms with Crippen molar-refractivity contribution in [2.45, 2.75) is 20.1 Å². The first-order chi connectivity index (χ1) is 8.76. The lowest BCUT2D eigenvalue weighted by Gasteiger charge is -2.13. The molecular weight excluding hydrogens is 232 g/mol. The fraction of sp³-hybridized carbons (Fsp3) is 0.357. The van der Waals surface area contributed by atoms with Crippen LogP contribution in [0.25, 0.3) is 5.76 Å². The fourth-order valence-electron chi connectivity index (χ4n) is 1.81. The third kappa shape index (κ3) is 2.60. The van der Waals surface area contributed by atoms with Gasteiger partial charge in [-0.1, -0.05) is 18.2 Å². The third-order valence-corrected chi connectivity index (χ3v) is 2.56. The Bertz CT molecular complexity index is 459. The maximum Gasteiger partial charge on any atom is 0.344 e. The molecule has 0 bridgehead atoms. The van der Waals surface area contributed by atoms with Gasteiger partial charge in [0.15, 0.2) is 6.29 Å². The van der Waals surface area contributed by atoms with E-state index in [1.54, 1.807) is 12.1 Å². The molecule has 0 N–H and O–H groups in total. The first-order valence-corrected chi connectivity index (χ1v) is 6.02. The number of fused-ring (bicyclic) bond motifs is 1. The molecule has 0 saturated heterocycles. The highest BCUT2D eigenvalue weighted by Gasteiger charge is 2.26. The summed E-state index contributed by atoms with van der Waals surface area (Å²) in [6, 6.07) is 7.27. The van der Waals surface area contributed by atoms with Gasteiger partial charge in [0.25, 0.3) is 0 Å². The molecule has 0 unspecified atom stereocenters. The third-order valence-electron chi connectivity index (χ3n) is 2.56. The van der Waals surface area contributed by atoms with Gasteiger partial charge in [0, 0.05) is 24.9 Å². The molecule has 0 aliphatic carbocycles. The van der Waals surface area contributed by atoms with Crippen LogP contribution in [0.2, 0.25) is 0 Å². The van der Waals surface area contributed by atoms with Crippen molar-refractivity contribution in [2.24, 2.45) is 0 Å². The zero-order chi connectivity index (χ0) is 13.0. The number of hydrogen-bond acceptors (Lipinski definition) is 4. The molecule has 2 rings (SSSR count). The van der Waals surface area contributed by atoms with Gasteiger partial charge in [-0.2, -0.15) is 0 Å². The smallest absolute Gasteiger partial charge is 0.344 e. The van der Waals surface area contributed by atoms with Crippen LogP contribution in [0.15, 0.2) is 30.3 Å². The van der Waals surface area contributed by atoms with Gasteiger partial charge in [0.05, 0.1) is 5.56 Å². The van der Waals surface area contributed by atoms with Gasteiger partial charge >= 0.3 is 5.97 Å². The molecule has 0 atom stereocenters. The first kappa shape index (κ1) is 12.8. The molecule has 1 aliphatic rings. The molecule has 1 aromatic rings. The lowest BCUT2D eigenvalue weighted by atomic mass is 10.1. The number of cyclic esters (lactones) is 1. The molecule has 0 aromatic heterocycles. The van der Waals surface area contributed by atoms with Crippen LogP contribution in [-0.2, 0) is 14.2 Å². The molecule has 0 radical (unpaired) electrons. The summed E-state index contributed by atoms with van der Waals surface area (Å²) in [5.74, 6) is 0.172. The molecule has 1 aliphatic heterocycles. The molecule has 4 nitrogen and oxygen atoms in total. The van der Waals surface area contributed by atoms with E-state index in [9.17, 15) is 4.79 Å². The Kier molecular flexibility index (Phi) is 4.12. The lowest BCUT2D eigenvalue weighted by molar-refractivity contribution is -0.104. The second-order valence-electron chi connectivity index (χ2n) is 3.75. The van der Waals surface area contributed by atoms with Gasteiger partial charge in [-0.05, 0) is 19.9 Å². The van der Waals surface area contributed by atoms with Gasteiger partial charge in [-0.15, -0.1) is 0 Å². The highest BCUT2D eigenvalue weighted by Crippen LogP contribution is 2.29. The van der Waals surface area contributed by atoms with Crippen LogP contribution in [0.1, 0.15) is 29.8 Å². The predicted molar refractivity (Wildman–Crippen MR) is 66.9 cm³/mol. The summed E-state index contributed by atoms with van der Waals surface area (Å²) in [6.45, 7) is 4.84.